The predicted octanol–water partition coefficient (Wildman–Crippen LogP) is 4.37. The fourth-order valence-corrected chi connectivity index (χ4v) is 3.58. The van der Waals surface area contributed by atoms with Gasteiger partial charge in [0.05, 0.1) is 12.4 Å². The van der Waals surface area contributed by atoms with Gasteiger partial charge in [-0.3, -0.25) is 0 Å². The van der Waals surface area contributed by atoms with Crippen molar-refractivity contribution in [1.82, 2.24) is 0 Å². The standard InChI is InChI=1S/C14H20BrClO3S/c1-10-5-6-12(15)7-13(10)19-8-11(14(2,3)4)9-20(16,17)18/h5-7,11H,8-9H2,1-4H3. The van der Waals surface area contributed by atoms with Gasteiger partial charge >= 0.3 is 0 Å². The molecule has 20 heavy (non-hydrogen) atoms. The number of halogens is 2. The van der Waals surface area contributed by atoms with Gasteiger partial charge in [-0.25, -0.2) is 8.42 Å². The molecule has 0 aliphatic rings. The van der Waals surface area contributed by atoms with Crippen molar-refractivity contribution in [3.63, 3.8) is 0 Å². The van der Waals surface area contributed by atoms with Crippen LogP contribution in [-0.4, -0.2) is 20.8 Å². The van der Waals surface area contributed by atoms with Crippen molar-refractivity contribution in [2.24, 2.45) is 11.3 Å². The average Bonchev–Trinajstić information content (AvgIpc) is 2.25. The van der Waals surface area contributed by atoms with Crippen LogP contribution < -0.4 is 4.74 Å². The van der Waals surface area contributed by atoms with Crippen LogP contribution >= 0.6 is 26.6 Å². The number of benzene rings is 1. The minimum atomic E-state index is -3.55. The maximum atomic E-state index is 11.3. The Balaban J connectivity index is 2.84. The van der Waals surface area contributed by atoms with Crippen molar-refractivity contribution in [2.75, 3.05) is 12.4 Å². The molecule has 0 heterocycles. The molecule has 0 aromatic heterocycles. The molecule has 0 bridgehead atoms. The molecule has 0 saturated heterocycles. The summed E-state index contributed by atoms with van der Waals surface area (Å²) in [5.41, 5.74) is 0.802. The lowest BCUT2D eigenvalue weighted by atomic mass is 9.82. The van der Waals surface area contributed by atoms with Gasteiger partial charge in [0.25, 0.3) is 0 Å². The molecular weight excluding hydrogens is 364 g/mol. The van der Waals surface area contributed by atoms with E-state index in [1.165, 1.54) is 0 Å². The molecule has 0 aliphatic heterocycles. The summed E-state index contributed by atoms with van der Waals surface area (Å²) < 4.78 is 29.4. The Kier molecular flexibility index (Phi) is 5.93. The summed E-state index contributed by atoms with van der Waals surface area (Å²) in [6.45, 7) is 8.21. The molecular formula is C14H20BrClO3S. The second-order valence-corrected chi connectivity index (χ2v) is 9.73. The summed E-state index contributed by atoms with van der Waals surface area (Å²) in [6, 6.07) is 5.76. The summed E-state index contributed by atoms with van der Waals surface area (Å²) >= 11 is 3.39. The smallest absolute Gasteiger partial charge is 0.233 e. The van der Waals surface area contributed by atoms with E-state index in [9.17, 15) is 8.42 Å². The first-order valence-corrected chi connectivity index (χ1v) is 9.57. The zero-order chi connectivity index (χ0) is 15.6. The number of hydrogen-bond acceptors (Lipinski definition) is 3. The van der Waals surface area contributed by atoms with Crippen LogP contribution in [0, 0.1) is 18.3 Å². The molecule has 0 amide bonds. The molecule has 1 aromatic carbocycles. The monoisotopic (exact) mass is 382 g/mol. The van der Waals surface area contributed by atoms with Gasteiger partial charge in [0.15, 0.2) is 0 Å². The van der Waals surface area contributed by atoms with E-state index in [0.29, 0.717) is 6.61 Å². The van der Waals surface area contributed by atoms with Crippen molar-refractivity contribution in [3.8, 4) is 5.75 Å². The SMILES string of the molecule is Cc1ccc(Br)cc1OCC(CS(=O)(=O)Cl)C(C)(C)C. The highest BCUT2D eigenvalue weighted by Crippen LogP contribution is 2.30. The predicted molar refractivity (Wildman–Crippen MR) is 87.0 cm³/mol. The highest BCUT2D eigenvalue weighted by atomic mass is 79.9. The van der Waals surface area contributed by atoms with Crippen LogP contribution in [0.3, 0.4) is 0 Å². The third-order valence-electron chi connectivity index (χ3n) is 3.22. The summed E-state index contributed by atoms with van der Waals surface area (Å²) in [6.07, 6.45) is 0. The first-order chi connectivity index (χ1) is 8.99. The van der Waals surface area contributed by atoms with Crippen molar-refractivity contribution < 1.29 is 13.2 Å². The van der Waals surface area contributed by atoms with E-state index < -0.39 is 9.05 Å². The van der Waals surface area contributed by atoms with E-state index in [0.717, 1.165) is 15.8 Å². The zero-order valence-electron chi connectivity index (χ0n) is 12.1. The summed E-state index contributed by atoms with van der Waals surface area (Å²) in [4.78, 5) is 0. The molecule has 3 nitrogen and oxygen atoms in total. The Labute approximate surface area is 134 Å². The van der Waals surface area contributed by atoms with Crippen molar-refractivity contribution in [2.45, 2.75) is 27.7 Å². The van der Waals surface area contributed by atoms with Crippen molar-refractivity contribution >= 4 is 35.7 Å². The Morgan fingerprint density at radius 1 is 1.35 bits per heavy atom. The Morgan fingerprint density at radius 2 is 1.95 bits per heavy atom. The van der Waals surface area contributed by atoms with Gasteiger partial charge in [-0.05, 0) is 30.0 Å². The average molecular weight is 384 g/mol. The zero-order valence-corrected chi connectivity index (χ0v) is 15.3. The van der Waals surface area contributed by atoms with Crippen molar-refractivity contribution in [3.05, 3.63) is 28.2 Å². The van der Waals surface area contributed by atoms with E-state index >= 15 is 0 Å². The lowest BCUT2D eigenvalue weighted by Gasteiger charge is -2.29. The van der Waals surface area contributed by atoms with Gasteiger partial charge in [0, 0.05) is 21.1 Å². The van der Waals surface area contributed by atoms with Crippen molar-refractivity contribution in [1.29, 1.82) is 0 Å². The largest absolute Gasteiger partial charge is 0.493 e. The molecule has 0 saturated carbocycles. The Bertz CT molecular complexity index is 564. The molecule has 1 aromatic rings. The third-order valence-corrected chi connectivity index (χ3v) is 4.89. The van der Waals surface area contributed by atoms with Gasteiger partial charge in [0.2, 0.25) is 9.05 Å². The Hall–Kier alpha value is -0.260. The third kappa shape index (κ3) is 6.02. The summed E-state index contributed by atoms with van der Waals surface area (Å²) in [5.74, 6) is 0.481. The molecule has 0 spiro atoms. The maximum Gasteiger partial charge on any atom is 0.233 e. The van der Waals surface area contributed by atoms with Gasteiger partial charge < -0.3 is 4.74 Å². The molecule has 0 radical (unpaired) electrons. The van der Waals surface area contributed by atoms with E-state index in [2.05, 4.69) is 15.9 Å². The topological polar surface area (TPSA) is 43.4 Å². The van der Waals surface area contributed by atoms with Gasteiger partial charge in [-0.2, -0.15) is 0 Å². The van der Waals surface area contributed by atoms with Crippen LogP contribution in [0.25, 0.3) is 0 Å². The summed E-state index contributed by atoms with van der Waals surface area (Å²) in [5, 5.41) is 0. The lowest BCUT2D eigenvalue weighted by molar-refractivity contribution is 0.163. The van der Waals surface area contributed by atoms with E-state index in [4.69, 9.17) is 15.4 Å². The number of hydrogen-bond donors (Lipinski definition) is 0. The molecule has 1 rings (SSSR count). The molecule has 0 aliphatic carbocycles. The van der Waals surface area contributed by atoms with Crippen LogP contribution in [0.1, 0.15) is 26.3 Å². The minimum absolute atomic E-state index is 0.0922. The van der Waals surface area contributed by atoms with Gasteiger partial charge in [0.1, 0.15) is 5.75 Å². The van der Waals surface area contributed by atoms with Crippen LogP contribution in [-0.2, 0) is 9.05 Å². The number of aryl methyl sites for hydroxylation is 1. The number of rotatable bonds is 5. The molecule has 1 unspecified atom stereocenters. The minimum Gasteiger partial charge on any atom is -0.493 e. The molecule has 6 heteroatoms. The van der Waals surface area contributed by atoms with Gasteiger partial charge in [-0.1, -0.05) is 42.8 Å². The second kappa shape index (κ2) is 6.67. The lowest BCUT2D eigenvalue weighted by Crippen LogP contribution is -2.31. The molecule has 0 N–H and O–H groups in total. The highest BCUT2D eigenvalue weighted by molar-refractivity contribution is 9.10. The quantitative estimate of drug-likeness (QED) is 0.709. The Morgan fingerprint density at radius 3 is 2.45 bits per heavy atom. The molecule has 1 atom stereocenters. The van der Waals surface area contributed by atoms with E-state index in [1.807, 2.05) is 45.9 Å². The fourth-order valence-electron chi connectivity index (χ4n) is 1.71. The van der Waals surface area contributed by atoms with Crippen LogP contribution in [0.15, 0.2) is 22.7 Å². The van der Waals surface area contributed by atoms with Crippen LogP contribution in [0.5, 0.6) is 5.75 Å². The van der Waals surface area contributed by atoms with Crippen LogP contribution in [0.4, 0.5) is 0 Å². The second-order valence-electron chi connectivity index (χ2n) is 5.99. The van der Waals surface area contributed by atoms with Gasteiger partial charge in [-0.15, -0.1) is 0 Å². The normalized spacial score (nSPS) is 14.1. The van der Waals surface area contributed by atoms with E-state index in [1.54, 1.807) is 0 Å². The summed E-state index contributed by atoms with van der Waals surface area (Å²) in [7, 11) is 1.84. The first kappa shape index (κ1) is 17.8. The molecule has 114 valence electrons. The fraction of sp³-hybridized carbons (Fsp3) is 0.571. The van der Waals surface area contributed by atoms with Crippen LogP contribution in [0.2, 0.25) is 0 Å². The number of ether oxygens (including phenoxy) is 1. The highest BCUT2D eigenvalue weighted by Gasteiger charge is 2.29. The van der Waals surface area contributed by atoms with E-state index in [-0.39, 0.29) is 17.1 Å². The molecule has 0 fully saturated rings. The first-order valence-electron chi connectivity index (χ1n) is 6.30. The maximum absolute atomic E-state index is 11.3.